The molecule has 40 nitrogen and oxygen atoms in total. The van der Waals surface area contributed by atoms with E-state index in [1.807, 2.05) is 40.7 Å². The van der Waals surface area contributed by atoms with Crippen LogP contribution < -0.4 is 27.0 Å². The highest BCUT2D eigenvalue weighted by atomic mass is 32.2. The van der Waals surface area contributed by atoms with Gasteiger partial charge in [-0.25, -0.2) is 33.4 Å². The molecule has 6 heterocycles. The largest absolute Gasteiger partial charge is 0.481 e. The van der Waals surface area contributed by atoms with Gasteiger partial charge in [-0.3, -0.25) is 66.2 Å². The van der Waals surface area contributed by atoms with Crippen LogP contribution in [-0.4, -0.2) is 278 Å². The van der Waals surface area contributed by atoms with E-state index in [0.29, 0.717) is 57.9 Å². The van der Waals surface area contributed by atoms with Crippen LogP contribution in [0.2, 0.25) is 0 Å². The third-order valence-corrected chi connectivity index (χ3v) is 26.7. The highest BCUT2D eigenvalue weighted by molar-refractivity contribution is 8.00. The summed E-state index contributed by atoms with van der Waals surface area (Å²) in [6, 6.07) is 4.51. The topological polar surface area (TPSA) is 559 Å². The Hall–Kier alpha value is -7.01. The number of aliphatic hydroxyl groups is 2. The molecule has 2 bridgehead atoms. The standard InChI is InChI=1S/C72H112N13O27P3S/c1-12-40(4)57(48(106-10)33-53(88)82-30-19-22-47(82)60(107-11)42(6)65(92)79-45(71(97)98)32-43-20-15-13-16-21-43)81(9)69(96)55(39(2)3)80-66(93)58-44-24-25-46(41(44)5)85(58)52(87)23-17-14-18-29-83-54(89)34-50(68(83)95)116-31-28-74-51(86)26-27-75-67(94)62(91)72(7,8)36-109-115(104,105)112-114(102,103)108-35-49-61(111-113(99,100)101)59(90)70(110-49)84-38-78-56-63(73)76-37-77-64(56)84/h13,15-16,20-21,37-42,44-50,55,57-62,70,90-91H,12,14,17-19,22-36H2,1-11H3,(H,74,86)(H,75,94)(H,79,92)(H,80,93)(H,97,98)(H,102,103)(H,104,105)(H2,73,76,77)(H2,99,100,101)/t40-,41-,42+,44-,45-,46-,47-,48+,49+,50?,55-,57-,58-,59-,60+,61-,62-,70+/m0/s1. The third-order valence-electron chi connectivity index (χ3n) is 22.4. The molecule has 5 aliphatic rings. The molecule has 4 aliphatic heterocycles. The highest BCUT2D eigenvalue weighted by Gasteiger charge is 2.57. The summed E-state index contributed by atoms with van der Waals surface area (Å²) in [5.41, 5.74) is 4.90. The number of nitrogens with two attached hydrogens (primary N) is 1. The average Bonchev–Trinajstić information content (AvgIpc) is 1.59. The number of nitrogens with one attached hydrogen (secondary N) is 4. The monoisotopic (exact) mass is 1720 g/mol. The molecule has 4 saturated heterocycles. The van der Waals surface area contributed by atoms with Gasteiger partial charge in [0.05, 0.1) is 61.4 Å². The number of thioether (sulfide) groups is 1. The number of nitrogens with zero attached hydrogens (tertiary/aromatic N) is 8. The molecule has 8 rings (SSSR count). The third kappa shape index (κ3) is 24.0. The minimum atomic E-state index is -5.66. The lowest BCUT2D eigenvalue weighted by atomic mass is 9.87. The number of rotatable bonds is 45. The van der Waals surface area contributed by atoms with Crippen LogP contribution in [-0.2, 0) is 100 Å². The molecule has 3 aromatic rings. The van der Waals surface area contributed by atoms with Crippen LogP contribution in [0.1, 0.15) is 144 Å². The number of likely N-dealkylation sites (N-methyl/N-ethyl adjacent to an activating group) is 1. The van der Waals surface area contributed by atoms with E-state index in [9.17, 15) is 96.5 Å². The Balaban J connectivity index is 0.732. The maximum absolute atomic E-state index is 15.0. The number of imide groups is 1. The number of carbonyl (C=O) groups is 10. The van der Waals surface area contributed by atoms with E-state index in [4.69, 9.17) is 29.0 Å². The van der Waals surface area contributed by atoms with Gasteiger partial charge in [0.15, 0.2) is 17.7 Å². The fourth-order valence-electron chi connectivity index (χ4n) is 15.9. The number of amides is 9. The number of likely N-dealkylation sites (tertiary alicyclic amines) is 3. The Kier molecular flexibility index (Phi) is 33.6. The Labute approximate surface area is 676 Å². The summed E-state index contributed by atoms with van der Waals surface area (Å²) in [4.78, 5) is 195. The first-order chi connectivity index (χ1) is 54.6. The number of carboxylic acid groups (broad SMARTS) is 1. The summed E-state index contributed by atoms with van der Waals surface area (Å²) in [7, 11) is -12.1. The molecule has 0 spiro atoms. The van der Waals surface area contributed by atoms with Crippen molar-refractivity contribution in [1.82, 2.24) is 60.4 Å². The summed E-state index contributed by atoms with van der Waals surface area (Å²) in [5.74, 6) is -6.85. The van der Waals surface area contributed by atoms with Gasteiger partial charge in [-0.15, -0.1) is 11.8 Å². The molecule has 13 N–H and O–H groups in total. The number of nitrogen functional groups attached to an aromatic ring is 1. The number of phosphoric ester groups is 3. The second kappa shape index (κ2) is 41.3. The molecule has 1 saturated carbocycles. The average molecular weight is 1720 g/mol. The number of anilines is 1. The summed E-state index contributed by atoms with van der Waals surface area (Å²) in [5, 5.41) is 41.9. The lowest BCUT2D eigenvalue weighted by Gasteiger charge is -2.41. The highest BCUT2D eigenvalue weighted by Crippen LogP contribution is 2.61. The number of piperidine rings is 1. The van der Waals surface area contributed by atoms with E-state index in [2.05, 4.69) is 45.1 Å². The predicted octanol–water partition coefficient (Wildman–Crippen LogP) is 2.32. The zero-order chi connectivity index (χ0) is 85.6. The van der Waals surface area contributed by atoms with Crippen LogP contribution in [0.3, 0.4) is 0 Å². The van der Waals surface area contributed by atoms with Gasteiger partial charge in [0.1, 0.15) is 54.4 Å². The number of aliphatic carboxylic acids is 1. The minimum Gasteiger partial charge on any atom is -0.480 e. The van der Waals surface area contributed by atoms with Gasteiger partial charge in [0.2, 0.25) is 53.2 Å². The zero-order valence-electron chi connectivity index (χ0n) is 66.9. The minimum absolute atomic E-state index is 0.00281. The number of carboxylic acids is 1. The fourth-order valence-corrected chi connectivity index (χ4v) is 19.8. The van der Waals surface area contributed by atoms with Gasteiger partial charge in [-0.1, -0.05) is 98.6 Å². The van der Waals surface area contributed by atoms with Crippen molar-refractivity contribution in [2.24, 2.45) is 35.0 Å². The van der Waals surface area contributed by atoms with E-state index in [1.54, 1.807) is 52.9 Å². The van der Waals surface area contributed by atoms with Gasteiger partial charge >= 0.3 is 29.4 Å². The van der Waals surface area contributed by atoms with Gasteiger partial charge in [-0.05, 0) is 67.8 Å². The predicted molar refractivity (Wildman–Crippen MR) is 415 cm³/mol. The number of phosphoric acid groups is 3. The van der Waals surface area contributed by atoms with Crippen molar-refractivity contribution in [3.63, 3.8) is 0 Å². The van der Waals surface area contributed by atoms with Crippen LogP contribution in [0.15, 0.2) is 43.0 Å². The summed E-state index contributed by atoms with van der Waals surface area (Å²) < 4.78 is 75.1. The molecule has 1 aliphatic carbocycles. The van der Waals surface area contributed by atoms with Crippen LogP contribution >= 0.6 is 35.2 Å². The second-order valence-corrected chi connectivity index (χ2v) is 36.7. The molecule has 44 heteroatoms. The van der Waals surface area contributed by atoms with E-state index in [1.165, 1.54) is 44.7 Å². The molecular weight excluding hydrogens is 1600 g/mol. The van der Waals surface area contributed by atoms with Crippen LogP contribution in [0.4, 0.5) is 5.82 Å². The van der Waals surface area contributed by atoms with Gasteiger partial charge in [0.25, 0.3) is 0 Å². The Bertz CT molecular complexity index is 4110. The number of carbonyl (C=O) groups excluding carboxylic acids is 9. The summed E-state index contributed by atoms with van der Waals surface area (Å²) >= 11 is 1.17. The number of methoxy groups -OCH3 is 2. The van der Waals surface area contributed by atoms with Crippen molar-refractivity contribution in [2.75, 3.05) is 72.1 Å². The second-order valence-electron chi connectivity index (χ2n) is 31.1. The first-order valence-corrected chi connectivity index (χ1v) is 44.3. The van der Waals surface area contributed by atoms with Gasteiger partial charge in [-0.2, -0.15) is 4.31 Å². The lowest BCUT2D eigenvalue weighted by molar-refractivity contribution is -0.149. The molecule has 1 aromatic carbocycles. The quantitative estimate of drug-likeness (QED) is 0.0219. The Morgan fingerprint density at radius 3 is 2.22 bits per heavy atom. The van der Waals surface area contributed by atoms with E-state index < -0.39 is 174 Å². The van der Waals surface area contributed by atoms with E-state index in [0.717, 1.165) is 22.8 Å². The molecule has 2 aromatic heterocycles. The summed E-state index contributed by atoms with van der Waals surface area (Å²) in [6.45, 7) is 11.8. The number of hydrogen-bond acceptors (Lipinski definition) is 27. The molecule has 3 unspecified atom stereocenters. The fraction of sp³-hybridized carbons (Fsp3) is 0.708. The van der Waals surface area contributed by atoms with Crippen molar-refractivity contribution in [3.05, 3.63) is 48.5 Å². The van der Waals surface area contributed by atoms with E-state index >= 15 is 0 Å². The van der Waals surface area contributed by atoms with Crippen molar-refractivity contribution in [1.29, 1.82) is 0 Å². The van der Waals surface area contributed by atoms with Gasteiger partial charge < -0.3 is 90.8 Å². The van der Waals surface area contributed by atoms with Gasteiger partial charge in [0, 0.05) is 90.3 Å². The number of fused-ring (bicyclic) bond motifs is 3. The zero-order valence-corrected chi connectivity index (χ0v) is 70.4. The number of unbranched alkanes of at least 4 members (excludes halogenated alkanes) is 2. The number of hydrogen-bond donors (Lipinski definition) is 12. The number of imidazole rings is 1. The molecule has 0 radical (unpaired) electrons. The summed E-state index contributed by atoms with van der Waals surface area (Å²) in [6.07, 6.45) is -4.52. The Morgan fingerprint density at radius 2 is 1.56 bits per heavy atom. The Morgan fingerprint density at radius 1 is 0.862 bits per heavy atom. The number of aliphatic hydroxyl groups excluding tert-OH is 2. The van der Waals surface area contributed by atoms with Crippen molar-refractivity contribution in [3.8, 4) is 0 Å². The van der Waals surface area contributed by atoms with E-state index in [-0.39, 0.29) is 116 Å². The number of ether oxygens (including phenoxy) is 3. The van der Waals surface area contributed by atoms with Crippen LogP contribution in [0.5, 0.6) is 0 Å². The first-order valence-electron chi connectivity index (χ1n) is 38.7. The maximum atomic E-state index is 15.0. The lowest BCUT2D eigenvalue weighted by Crippen LogP contribution is -2.60. The van der Waals surface area contributed by atoms with Crippen molar-refractivity contribution in [2.45, 2.75) is 223 Å². The molecule has 116 heavy (non-hydrogen) atoms. The number of aromatic nitrogens is 4. The van der Waals surface area contributed by atoms with Crippen molar-refractivity contribution >= 4 is 111 Å². The molecule has 9 amide bonds. The molecule has 648 valence electrons. The molecule has 20 atom stereocenters. The normalized spacial score (nSPS) is 24.8. The van der Waals surface area contributed by atoms with Crippen LogP contribution in [0, 0.1) is 35.0 Å². The van der Waals surface area contributed by atoms with Crippen LogP contribution in [0.25, 0.3) is 11.2 Å². The SMILES string of the molecule is CC[C@H](C)[C@@H]([C@@H](CC(=O)N1CCC[C@H]1[C@H](OC)[C@@H](C)C(=O)N[C@@H](Cc1ccccc1)C(=O)O)OC)N(C)C(=O)[C@@H](NC(=O)[C@@H]1[C@H]2CC[C@@H]([C@H]2C)N1C(=O)CCCCCN1C(=O)CC(SCCNC(=O)CCNC(=O)[C@H](O)C(C)(C)COP(=O)(O)OP(=O)(O)OC[C@H]2O[C@@H](n3cnc4c(N)ncnc43)[C@@H](O)[C@H]2OP(=O)(O)O)C1=O)C(C)C. The maximum Gasteiger partial charge on any atom is 0.481 e. The first kappa shape index (κ1) is 94.5. The molecular formula is C72H112N13O27P3S. The smallest absolute Gasteiger partial charge is 0.480 e. The molecule has 5 fully saturated rings. The van der Waals surface area contributed by atoms with Crippen molar-refractivity contribution < 1.29 is 129 Å². The number of benzene rings is 1.